The quantitative estimate of drug-likeness (QED) is 0.808. The lowest BCUT2D eigenvalue weighted by Crippen LogP contribution is -2.31. The molecule has 0 unspecified atom stereocenters. The first-order valence-electron chi connectivity index (χ1n) is 7.60. The predicted molar refractivity (Wildman–Crippen MR) is 80.2 cm³/mol. The van der Waals surface area contributed by atoms with Gasteiger partial charge in [-0.3, -0.25) is 4.79 Å². The maximum Gasteiger partial charge on any atom is 0.153 e. The number of aromatic hydroxyl groups is 1. The van der Waals surface area contributed by atoms with Crippen LogP contribution in [0.5, 0.6) is 5.75 Å². The molecule has 1 N–H and O–H groups in total. The first-order chi connectivity index (χ1) is 9.31. The van der Waals surface area contributed by atoms with Crippen molar-refractivity contribution in [3.05, 3.63) is 28.8 Å². The molecule has 20 heavy (non-hydrogen) atoms. The minimum atomic E-state index is 0.208. The van der Waals surface area contributed by atoms with Gasteiger partial charge in [0.2, 0.25) is 0 Å². The third-order valence-corrected chi connectivity index (χ3v) is 6.61. The minimum Gasteiger partial charge on any atom is -0.507 e. The van der Waals surface area contributed by atoms with E-state index in [1.54, 1.807) is 6.07 Å². The Morgan fingerprint density at radius 1 is 1.30 bits per heavy atom. The largest absolute Gasteiger partial charge is 0.507 e. The highest BCUT2D eigenvalue weighted by Gasteiger charge is 2.61. The fraction of sp³-hybridized carbons (Fsp3) is 0.611. The van der Waals surface area contributed by atoms with Crippen LogP contribution in [0.3, 0.4) is 0 Å². The molecule has 0 spiro atoms. The average Bonchev–Trinajstić information content (AvgIpc) is 2.73. The molecule has 0 amide bonds. The van der Waals surface area contributed by atoms with E-state index in [0.717, 1.165) is 29.8 Å². The zero-order valence-corrected chi connectivity index (χ0v) is 12.9. The summed E-state index contributed by atoms with van der Waals surface area (Å²) in [4.78, 5) is 11.2. The second-order valence-corrected chi connectivity index (χ2v) is 7.57. The van der Waals surface area contributed by atoms with Gasteiger partial charge in [0.05, 0.1) is 5.56 Å². The number of fused-ring (bicyclic) bond motifs is 2. The zero-order valence-electron chi connectivity index (χ0n) is 12.9. The topological polar surface area (TPSA) is 37.3 Å². The molecule has 3 atom stereocenters. The molecule has 2 heteroatoms. The molecule has 1 aromatic carbocycles. The van der Waals surface area contributed by atoms with E-state index in [1.165, 1.54) is 12.8 Å². The highest BCUT2D eigenvalue weighted by Crippen LogP contribution is 2.71. The highest BCUT2D eigenvalue weighted by molar-refractivity contribution is 5.80. The van der Waals surface area contributed by atoms with Crippen LogP contribution in [0.25, 0.3) is 0 Å². The summed E-state index contributed by atoms with van der Waals surface area (Å²) in [6, 6.07) is 3.85. The number of phenolic OH excluding ortho intramolecular Hbond substituents is 1. The number of carbonyl (C=O) groups is 1. The Kier molecular flexibility index (Phi) is 2.80. The molecule has 1 aromatic rings. The van der Waals surface area contributed by atoms with Crippen molar-refractivity contribution in [3.8, 4) is 5.75 Å². The Balaban J connectivity index is 2.12. The molecule has 0 aliphatic heterocycles. The van der Waals surface area contributed by atoms with Gasteiger partial charge < -0.3 is 5.11 Å². The number of aldehydes is 1. The van der Waals surface area contributed by atoms with Crippen LogP contribution in [-0.2, 0) is 0 Å². The van der Waals surface area contributed by atoms with Crippen LogP contribution in [0.1, 0.15) is 67.4 Å². The van der Waals surface area contributed by atoms with Crippen molar-refractivity contribution in [1.29, 1.82) is 0 Å². The Labute approximate surface area is 121 Å². The molecule has 3 rings (SSSR count). The van der Waals surface area contributed by atoms with E-state index < -0.39 is 0 Å². The Morgan fingerprint density at radius 2 is 2.00 bits per heavy atom. The van der Waals surface area contributed by atoms with Gasteiger partial charge in [0, 0.05) is 0 Å². The van der Waals surface area contributed by atoms with E-state index in [-0.39, 0.29) is 11.2 Å². The third kappa shape index (κ3) is 1.54. The van der Waals surface area contributed by atoms with Crippen molar-refractivity contribution in [3.63, 3.8) is 0 Å². The van der Waals surface area contributed by atoms with E-state index in [0.29, 0.717) is 16.9 Å². The maximum atomic E-state index is 11.2. The lowest BCUT2D eigenvalue weighted by atomic mass is 9.64. The van der Waals surface area contributed by atoms with Gasteiger partial charge in [-0.25, -0.2) is 0 Å². The van der Waals surface area contributed by atoms with E-state index in [2.05, 4.69) is 26.8 Å². The fourth-order valence-corrected chi connectivity index (χ4v) is 4.87. The summed E-state index contributed by atoms with van der Waals surface area (Å²) in [7, 11) is 0. The van der Waals surface area contributed by atoms with E-state index in [1.807, 2.05) is 6.92 Å². The number of aryl methyl sites for hydroxylation is 1. The van der Waals surface area contributed by atoms with Gasteiger partial charge in [0.25, 0.3) is 0 Å². The molecule has 2 saturated carbocycles. The smallest absolute Gasteiger partial charge is 0.153 e. The maximum absolute atomic E-state index is 11.2. The third-order valence-electron chi connectivity index (χ3n) is 6.61. The van der Waals surface area contributed by atoms with Gasteiger partial charge in [-0.2, -0.15) is 0 Å². The molecule has 0 aromatic heterocycles. The molecule has 2 aliphatic rings. The molecule has 2 aliphatic carbocycles. The summed E-state index contributed by atoms with van der Waals surface area (Å²) in [5.41, 5.74) is 3.02. The van der Waals surface area contributed by atoms with Crippen LogP contribution in [-0.4, -0.2) is 11.4 Å². The summed E-state index contributed by atoms with van der Waals surface area (Å²) in [5, 5.41) is 10.5. The monoisotopic (exact) mass is 272 g/mol. The molecule has 2 bridgehead atoms. The lowest BCUT2D eigenvalue weighted by molar-refractivity contribution is 0.111. The number of phenols is 1. The van der Waals surface area contributed by atoms with Gasteiger partial charge in [-0.05, 0) is 66.0 Å². The molecule has 108 valence electrons. The normalized spacial score (nSPS) is 34.4. The van der Waals surface area contributed by atoms with Crippen LogP contribution in [0.15, 0.2) is 12.1 Å². The van der Waals surface area contributed by atoms with Gasteiger partial charge in [0.15, 0.2) is 6.29 Å². The molecule has 2 fully saturated rings. The predicted octanol–water partition coefficient (Wildman–Crippen LogP) is 4.44. The Morgan fingerprint density at radius 3 is 2.50 bits per heavy atom. The van der Waals surface area contributed by atoms with Crippen LogP contribution in [0.2, 0.25) is 0 Å². The van der Waals surface area contributed by atoms with Crippen LogP contribution in [0, 0.1) is 23.7 Å². The number of carbonyl (C=O) groups excluding carboxylic acids is 1. The number of benzene rings is 1. The van der Waals surface area contributed by atoms with Crippen molar-refractivity contribution in [2.24, 2.45) is 16.7 Å². The van der Waals surface area contributed by atoms with Crippen molar-refractivity contribution < 1.29 is 9.90 Å². The summed E-state index contributed by atoms with van der Waals surface area (Å²) in [6.07, 6.45) is 4.43. The molecule has 2 nitrogen and oxygen atoms in total. The zero-order chi connectivity index (χ0) is 14.7. The van der Waals surface area contributed by atoms with Crippen molar-refractivity contribution in [2.75, 3.05) is 0 Å². The average molecular weight is 272 g/mol. The van der Waals surface area contributed by atoms with Gasteiger partial charge in [0.1, 0.15) is 5.75 Å². The van der Waals surface area contributed by atoms with Gasteiger partial charge in [-0.1, -0.05) is 26.8 Å². The SMILES string of the molecule is Cc1cc(C=O)c(O)c([C@@H]2C[C@H]3CC[C@]2(C)C3(C)C)c1. The second-order valence-electron chi connectivity index (χ2n) is 7.57. The standard InChI is InChI=1S/C18H24O2/c1-11-7-12(10-19)16(20)14(8-11)15-9-13-5-6-18(15,4)17(13,2)3/h7-8,10,13,15,20H,5-6,9H2,1-4H3/t13-,15+,18+/m1/s1. The van der Waals surface area contributed by atoms with E-state index >= 15 is 0 Å². The first-order valence-corrected chi connectivity index (χ1v) is 7.60. The van der Waals surface area contributed by atoms with Crippen molar-refractivity contribution in [2.45, 2.75) is 52.9 Å². The lowest BCUT2D eigenvalue weighted by Gasteiger charge is -2.40. The first kappa shape index (κ1) is 13.7. The van der Waals surface area contributed by atoms with E-state index in [9.17, 15) is 9.90 Å². The van der Waals surface area contributed by atoms with E-state index in [4.69, 9.17) is 0 Å². The Hall–Kier alpha value is -1.31. The van der Waals surface area contributed by atoms with Gasteiger partial charge >= 0.3 is 0 Å². The van der Waals surface area contributed by atoms with Gasteiger partial charge in [-0.15, -0.1) is 0 Å². The number of hydrogen-bond acceptors (Lipinski definition) is 2. The van der Waals surface area contributed by atoms with Crippen molar-refractivity contribution in [1.82, 2.24) is 0 Å². The second kappa shape index (κ2) is 4.09. The summed E-state index contributed by atoms with van der Waals surface area (Å²) in [5.74, 6) is 1.31. The van der Waals surface area contributed by atoms with Crippen LogP contribution >= 0.6 is 0 Å². The molecular weight excluding hydrogens is 248 g/mol. The summed E-state index contributed by atoms with van der Waals surface area (Å²) < 4.78 is 0. The van der Waals surface area contributed by atoms with Crippen molar-refractivity contribution >= 4 is 6.29 Å². The molecular formula is C18H24O2. The summed E-state index contributed by atoms with van der Waals surface area (Å²) >= 11 is 0. The number of hydrogen-bond donors (Lipinski definition) is 1. The summed E-state index contributed by atoms with van der Waals surface area (Å²) in [6.45, 7) is 9.11. The molecule has 0 heterocycles. The van der Waals surface area contributed by atoms with Crippen LogP contribution in [0.4, 0.5) is 0 Å². The molecule has 0 saturated heterocycles. The number of rotatable bonds is 2. The minimum absolute atomic E-state index is 0.208. The Bertz CT molecular complexity index is 573. The molecule has 0 radical (unpaired) electrons. The highest BCUT2D eigenvalue weighted by atomic mass is 16.3. The fourth-order valence-electron chi connectivity index (χ4n) is 4.87. The van der Waals surface area contributed by atoms with Crippen LogP contribution < -0.4 is 0 Å².